The van der Waals surface area contributed by atoms with E-state index in [0.29, 0.717) is 30.3 Å². The lowest BCUT2D eigenvalue weighted by molar-refractivity contribution is 0.206. The van der Waals surface area contributed by atoms with Crippen molar-refractivity contribution in [1.29, 1.82) is 0 Å². The van der Waals surface area contributed by atoms with Crippen molar-refractivity contribution in [2.75, 3.05) is 26.1 Å². The molecule has 0 aliphatic carbocycles. The van der Waals surface area contributed by atoms with Gasteiger partial charge in [-0.3, -0.25) is 0 Å². The Labute approximate surface area is 190 Å². The lowest BCUT2D eigenvalue weighted by atomic mass is 10.1. The van der Waals surface area contributed by atoms with Crippen molar-refractivity contribution in [1.82, 2.24) is 9.47 Å². The lowest BCUT2D eigenvalue weighted by Crippen LogP contribution is -2.36. The molecule has 0 saturated heterocycles. The molecule has 1 N–H and O–H groups in total. The number of hydrogen-bond donors (Lipinski definition) is 1. The van der Waals surface area contributed by atoms with Gasteiger partial charge in [0, 0.05) is 31.0 Å². The summed E-state index contributed by atoms with van der Waals surface area (Å²) in [5.74, 6) is 1.24. The van der Waals surface area contributed by atoms with E-state index in [4.69, 9.17) is 9.47 Å². The minimum atomic E-state index is -0.148. The molecule has 0 aliphatic rings. The molecule has 6 nitrogen and oxygen atoms in total. The number of methoxy groups -OCH3 is 2. The lowest BCUT2D eigenvalue weighted by Gasteiger charge is -2.24. The topological polar surface area (TPSA) is 55.7 Å². The molecule has 170 valence electrons. The second kappa shape index (κ2) is 11.3. The van der Waals surface area contributed by atoms with Crippen LogP contribution in [0.5, 0.6) is 11.5 Å². The summed E-state index contributed by atoms with van der Waals surface area (Å²) in [6, 6.07) is 17.8. The largest absolute Gasteiger partial charge is 0.497 e. The summed E-state index contributed by atoms with van der Waals surface area (Å²) in [5, 5.41) is 3.01. The fourth-order valence-corrected chi connectivity index (χ4v) is 3.65. The van der Waals surface area contributed by atoms with E-state index >= 15 is 0 Å². The molecule has 0 aliphatic heterocycles. The summed E-state index contributed by atoms with van der Waals surface area (Å²) in [6.07, 6.45) is 4.02. The molecule has 2 aromatic carbocycles. The number of rotatable bonds is 10. The van der Waals surface area contributed by atoms with Crippen molar-refractivity contribution < 1.29 is 14.3 Å². The van der Waals surface area contributed by atoms with Crippen molar-refractivity contribution >= 4 is 11.7 Å². The quantitative estimate of drug-likeness (QED) is 0.445. The van der Waals surface area contributed by atoms with Gasteiger partial charge in [0.05, 0.1) is 26.5 Å². The molecular weight excluding hydrogens is 402 g/mol. The van der Waals surface area contributed by atoms with E-state index in [0.717, 1.165) is 25.1 Å². The average molecular weight is 436 g/mol. The van der Waals surface area contributed by atoms with Crippen LogP contribution < -0.4 is 14.8 Å². The summed E-state index contributed by atoms with van der Waals surface area (Å²) >= 11 is 0. The summed E-state index contributed by atoms with van der Waals surface area (Å²) in [4.78, 5) is 15.1. The van der Waals surface area contributed by atoms with Gasteiger partial charge in [0.1, 0.15) is 11.5 Å². The number of benzene rings is 2. The predicted octanol–water partition coefficient (Wildman–Crippen LogP) is 5.70. The molecule has 0 saturated carbocycles. The van der Waals surface area contributed by atoms with Crippen molar-refractivity contribution in [2.24, 2.45) is 0 Å². The van der Waals surface area contributed by atoms with Gasteiger partial charge >= 0.3 is 6.03 Å². The highest BCUT2D eigenvalue weighted by Crippen LogP contribution is 2.29. The number of hydrogen-bond acceptors (Lipinski definition) is 3. The number of aromatic nitrogens is 1. The second-order valence-corrected chi connectivity index (χ2v) is 7.89. The van der Waals surface area contributed by atoms with Gasteiger partial charge in [-0.25, -0.2) is 4.79 Å². The normalized spacial score (nSPS) is 10.6. The highest BCUT2D eigenvalue weighted by Gasteiger charge is 2.18. The highest BCUT2D eigenvalue weighted by molar-refractivity contribution is 5.91. The highest BCUT2D eigenvalue weighted by atomic mass is 16.5. The fraction of sp³-hybridized carbons (Fsp3) is 0.346. The zero-order valence-electron chi connectivity index (χ0n) is 19.4. The Kier molecular flexibility index (Phi) is 8.20. The van der Waals surface area contributed by atoms with E-state index in [-0.39, 0.29) is 6.03 Å². The molecule has 0 spiro atoms. The van der Waals surface area contributed by atoms with Crippen molar-refractivity contribution in [3.05, 3.63) is 77.6 Å². The first-order valence-corrected chi connectivity index (χ1v) is 11.0. The molecule has 0 unspecified atom stereocenters. The molecule has 0 radical (unpaired) electrons. The third kappa shape index (κ3) is 6.06. The maximum Gasteiger partial charge on any atom is 0.322 e. The first kappa shape index (κ1) is 23.3. The van der Waals surface area contributed by atoms with Gasteiger partial charge in [-0.1, -0.05) is 43.2 Å². The number of nitrogens with zero attached hydrogens (tertiary/aromatic N) is 2. The Bertz CT molecular complexity index is 1030. The van der Waals surface area contributed by atoms with E-state index in [1.165, 1.54) is 11.1 Å². The van der Waals surface area contributed by atoms with E-state index < -0.39 is 0 Å². The van der Waals surface area contributed by atoms with Gasteiger partial charge in [-0.05, 0) is 43.2 Å². The zero-order chi connectivity index (χ0) is 22.9. The van der Waals surface area contributed by atoms with Crippen molar-refractivity contribution in [3.8, 4) is 11.5 Å². The first-order valence-electron chi connectivity index (χ1n) is 11.0. The number of carbonyl (C=O) groups excluding carboxylic acids is 1. The SMILES string of the molecule is CCCCN(Cc1cccn1Cc1cccc(C)c1)C(=O)Nc1ccc(OC)cc1OC. The molecule has 2 amide bonds. The molecule has 32 heavy (non-hydrogen) atoms. The van der Waals surface area contributed by atoms with Gasteiger partial charge < -0.3 is 24.3 Å². The predicted molar refractivity (Wildman–Crippen MR) is 129 cm³/mol. The van der Waals surface area contributed by atoms with Gasteiger partial charge in [0.25, 0.3) is 0 Å². The minimum absolute atomic E-state index is 0.148. The van der Waals surface area contributed by atoms with Crippen LogP contribution in [-0.2, 0) is 13.1 Å². The third-order valence-corrected chi connectivity index (χ3v) is 5.43. The molecule has 0 fully saturated rings. The molecule has 6 heteroatoms. The Morgan fingerprint density at radius 1 is 1.06 bits per heavy atom. The Morgan fingerprint density at radius 2 is 1.91 bits per heavy atom. The van der Waals surface area contributed by atoms with E-state index in [1.54, 1.807) is 26.4 Å². The summed E-state index contributed by atoms with van der Waals surface area (Å²) in [5.41, 5.74) is 4.21. The number of unbranched alkanes of at least 4 members (excludes halogenated alkanes) is 1. The number of urea groups is 1. The van der Waals surface area contributed by atoms with Crippen LogP contribution in [-0.4, -0.2) is 36.3 Å². The number of amides is 2. The molecule has 0 bridgehead atoms. The zero-order valence-corrected chi connectivity index (χ0v) is 19.4. The smallest absolute Gasteiger partial charge is 0.322 e. The summed E-state index contributed by atoms with van der Waals surface area (Å²) in [6.45, 7) is 6.21. The van der Waals surface area contributed by atoms with Gasteiger partial charge in [0.2, 0.25) is 0 Å². The molecule has 0 atom stereocenters. The standard InChI is InChI=1S/C26H33N3O3/c1-5-6-14-29(26(30)27-24-13-12-23(31-3)17-25(24)32-4)19-22-11-8-15-28(22)18-21-10-7-9-20(2)16-21/h7-13,15-17H,5-6,14,18-19H2,1-4H3,(H,27,30). The van der Waals surface area contributed by atoms with Crippen LogP contribution >= 0.6 is 0 Å². The fourth-order valence-electron chi connectivity index (χ4n) is 3.65. The first-order chi connectivity index (χ1) is 15.5. The molecule has 1 aromatic heterocycles. The van der Waals surface area contributed by atoms with Crippen LogP contribution in [0.2, 0.25) is 0 Å². The van der Waals surface area contributed by atoms with E-state index in [1.807, 2.05) is 17.0 Å². The Balaban J connectivity index is 1.76. The number of ether oxygens (including phenoxy) is 2. The molecule has 3 rings (SSSR count). The monoisotopic (exact) mass is 435 g/mol. The number of aryl methyl sites for hydroxylation is 1. The van der Waals surface area contributed by atoms with Crippen LogP contribution in [0.25, 0.3) is 0 Å². The molecular formula is C26H33N3O3. The van der Waals surface area contributed by atoms with Gasteiger partial charge in [-0.15, -0.1) is 0 Å². The van der Waals surface area contributed by atoms with E-state index in [2.05, 4.69) is 60.3 Å². The maximum absolute atomic E-state index is 13.2. The number of carbonyl (C=O) groups is 1. The summed E-state index contributed by atoms with van der Waals surface area (Å²) < 4.78 is 12.9. The minimum Gasteiger partial charge on any atom is -0.497 e. The third-order valence-electron chi connectivity index (χ3n) is 5.43. The van der Waals surface area contributed by atoms with Crippen LogP contribution in [0.1, 0.15) is 36.6 Å². The molecule has 3 aromatic rings. The number of nitrogens with one attached hydrogen (secondary N) is 1. The van der Waals surface area contributed by atoms with Crippen LogP contribution in [0, 0.1) is 6.92 Å². The van der Waals surface area contributed by atoms with Crippen LogP contribution in [0.3, 0.4) is 0 Å². The van der Waals surface area contributed by atoms with Gasteiger partial charge in [-0.2, -0.15) is 0 Å². The Morgan fingerprint density at radius 3 is 2.62 bits per heavy atom. The maximum atomic E-state index is 13.2. The summed E-state index contributed by atoms with van der Waals surface area (Å²) in [7, 11) is 3.18. The Hall–Kier alpha value is -3.41. The average Bonchev–Trinajstić information content (AvgIpc) is 3.23. The van der Waals surface area contributed by atoms with E-state index in [9.17, 15) is 4.79 Å². The van der Waals surface area contributed by atoms with Crippen molar-refractivity contribution in [2.45, 2.75) is 39.8 Å². The van der Waals surface area contributed by atoms with Gasteiger partial charge in [0.15, 0.2) is 0 Å². The van der Waals surface area contributed by atoms with Crippen molar-refractivity contribution in [3.63, 3.8) is 0 Å². The van der Waals surface area contributed by atoms with Crippen LogP contribution in [0.4, 0.5) is 10.5 Å². The van der Waals surface area contributed by atoms with Crippen LogP contribution in [0.15, 0.2) is 60.8 Å². The number of anilines is 1. The molecule has 1 heterocycles. The second-order valence-electron chi connectivity index (χ2n) is 7.89.